The highest BCUT2D eigenvalue weighted by molar-refractivity contribution is 6.42. The molecule has 0 spiro atoms. The number of halogens is 2. The molecule has 3 rings (SSSR count). The maximum atomic E-state index is 12.3. The van der Waals surface area contributed by atoms with E-state index in [1.54, 1.807) is 24.0 Å². The summed E-state index contributed by atoms with van der Waals surface area (Å²) in [5.74, 6) is 0.903. The predicted octanol–water partition coefficient (Wildman–Crippen LogP) is 2.97. The zero-order chi connectivity index (χ0) is 17.1. The molecule has 0 radical (unpaired) electrons. The first-order chi connectivity index (χ1) is 11.5. The number of carbonyl (C=O) groups is 1. The Morgan fingerprint density at radius 1 is 1.42 bits per heavy atom. The lowest BCUT2D eigenvalue weighted by Crippen LogP contribution is -2.47. The number of amides is 2. The number of urea groups is 1. The second-order valence-corrected chi connectivity index (χ2v) is 6.18. The monoisotopic (exact) mass is 370 g/mol. The Bertz CT molecular complexity index is 737. The molecule has 1 fully saturated rings. The fourth-order valence-electron chi connectivity index (χ4n) is 2.43. The summed E-state index contributed by atoms with van der Waals surface area (Å²) in [5, 5.41) is 7.47. The Balaban J connectivity index is 1.60. The maximum Gasteiger partial charge on any atom is 0.317 e. The molecule has 7 nitrogen and oxygen atoms in total. The number of carbonyl (C=O) groups excluding carboxylic acids is 1. The standard InChI is InChI=1S/C15H16Cl2N4O3/c1-9-19-14(20-24-9)7-18-15(22)21-4-5-23-13(8-21)10-2-3-11(16)12(17)6-10/h2-3,6,13H,4-5,7-8H2,1H3,(H,18,22). The van der Waals surface area contributed by atoms with Gasteiger partial charge in [-0.15, -0.1) is 0 Å². The van der Waals surface area contributed by atoms with Gasteiger partial charge in [-0.25, -0.2) is 4.79 Å². The van der Waals surface area contributed by atoms with Crippen molar-refractivity contribution in [2.75, 3.05) is 19.7 Å². The van der Waals surface area contributed by atoms with Crippen molar-refractivity contribution < 1.29 is 14.1 Å². The van der Waals surface area contributed by atoms with Crippen molar-refractivity contribution in [1.29, 1.82) is 0 Å². The zero-order valence-electron chi connectivity index (χ0n) is 13.0. The van der Waals surface area contributed by atoms with Crippen LogP contribution in [0.15, 0.2) is 22.7 Å². The molecule has 1 aliphatic rings. The molecule has 2 amide bonds. The molecule has 0 aliphatic carbocycles. The summed E-state index contributed by atoms with van der Waals surface area (Å²) in [6.07, 6.45) is -0.244. The van der Waals surface area contributed by atoms with E-state index < -0.39 is 0 Å². The van der Waals surface area contributed by atoms with E-state index >= 15 is 0 Å². The first-order valence-corrected chi connectivity index (χ1v) is 8.17. The number of aryl methyl sites for hydroxylation is 1. The Hall–Kier alpha value is -1.83. The van der Waals surface area contributed by atoms with Crippen LogP contribution in [0.25, 0.3) is 0 Å². The van der Waals surface area contributed by atoms with Gasteiger partial charge in [0.05, 0.1) is 29.7 Å². The SMILES string of the molecule is Cc1nc(CNC(=O)N2CCOC(c3ccc(Cl)c(Cl)c3)C2)no1. The lowest BCUT2D eigenvalue weighted by atomic mass is 10.1. The Morgan fingerprint density at radius 3 is 2.96 bits per heavy atom. The van der Waals surface area contributed by atoms with Gasteiger partial charge in [-0.2, -0.15) is 4.98 Å². The average Bonchev–Trinajstić information content (AvgIpc) is 3.00. The van der Waals surface area contributed by atoms with Crippen molar-refractivity contribution in [2.24, 2.45) is 0 Å². The average molecular weight is 371 g/mol. The van der Waals surface area contributed by atoms with Gasteiger partial charge in [0.1, 0.15) is 6.10 Å². The molecule has 1 atom stereocenters. The van der Waals surface area contributed by atoms with Crippen LogP contribution in [0.2, 0.25) is 10.0 Å². The first-order valence-electron chi connectivity index (χ1n) is 7.41. The van der Waals surface area contributed by atoms with Crippen LogP contribution in [0, 0.1) is 6.92 Å². The summed E-state index contributed by atoms with van der Waals surface area (Å²) in [5.41, 5.74) is 0.885. The van der Waals surface area contributed by atoms with Gasteiger partial charge >= 0.3 is 6.03 Å². The first kappa shape index (κ1) is 17.0. The van der Waals surface area contributed by atoms with Crippen molar-refractivity contribution in [3.63, 3.8) is 0 Å². The second kappa shape index (κ2) is 7.38. The third-order valence-electron chi connectivity index (χ3n) is 3.64. The fraction of sp³-hybridized carbons (Fsp3) is 0.400. The van der Waals surface area contributed by atoms with Crippen molar-refractivity contribution in [2.45, 2.75) is 19.6 Å². The highest BCUT2D eigenvalue weighted by atomic mass is 35.5. The molecule has 1 aliphatic heterocycles. The lowest BCUT2D eigenvalue weighted by Gasteiger charge is -2.33. The molecule has 2 heterocycles. The second-order valence-electron chi connectivity index (χ2n) is 5.37. The van der Waals surface area contributed by atoms with E-state index in [0.29, 0.717) is 41.5 Å². The van der Waals surface area contributed by atoms with Gasteiger partial charge in [-0.1, -0.05) is 34.4 Å². The predicted molar refractivity (Wildman–Crippen MR) is 88.0 cm³/mol. The normalized spacial score (nSPS) is 17.8. The molecular formula is C15H16Cl2N4O3. The minimum Gasteiger partial charge on any atom is -0.370 e. The van der Waals surface area contributed by atoms with Crippen LogP contribution in [0.1, 0.15) is 23.4 Å². The summed E-state index contributed by atoms with van der Waals surface area (Å²) >= 11 is 12.0. The van der Waals surface area contributed by atoms with Crippen molar-refractivity contribution >= 4 is 29.2 Å². The van der Waals surface area contributed by atoms with E-state index in [4.69, 9.17) is 32.5 Å². The van der Waals surface area contributed by atoms with Crippen LogP contribution in [-0.4, -0.2) is 40.8 Å². The molecule has 1 aromatic carbocycles. The van der Waals surface area contributed by atoms with Gasteiger partial charge in [0, 0.05) is 13.5 Å². The van der Waals surface area contributed by atoms with Crippen molar-refractivity contribution in [1.82, 2.24) is 20.4 Å². The summed E-state index contributed by atoms with van der Waals surface area (Å²) in [6.45, 7) is 3.29. The molecule has 1 N–H and O–H groups in total. The minimum atomic E-state index is -0.244. The van der Waals surface area contributed by atoms with Gasteiger partial charge in [0.15, 0.2) is 5.82 Å². The number of nitrogens with one attached hydrogen (secondary N) is 1. The Labute approximate surface area is 148 Å². The molecule has 1 aromatic heterocycles. The fourth-order valence-corrected chi connectivity index (χ4v) is 2.73. The van der Waals surface area contributed by atoms with E-state index in [-0.39, 0.29) is 18.7 Å². The van der Waals surface area contributed by atoms with Crippen LogP contribution < -0.4 is 5.32 Å². The van der Waals surface area contributed by atoms with Crippen molar-refractivity contribution in [3.05, 3.63) is 45.5 Å². The number of ether oxygens (including phenoxy) is 1. The number of aromatic nitrogens is 2. The van der Waals surface area contributed by atoms with E-state index in [2.05, 4.69) is 15.5 Å². The van der Waals surface area contributed by atoms with E-state index in [0.717, 1.165) is 5.56 Å². The number of hydrogen-bond acceptors (Lipinski definition) is 5. The van der Waals surface area contributed by atoms with E-state index in [9.17, 15) is 4.79 Å². The summed E-state index contributed by atoms with van der Waals surface area (Å²) < 4.78 is 10.6. The van der Waals surface area contributed by atoms with Crippen molar-refractivity contribution in [3.8, 4) is 0 Å². The Kier molecular flexibility index (Phi) is 5.23. The number of nitrogens with zero attached hydrogens (tertiary/aromatic N) is 3. The van der Waals surface area contributed by atoms with Gasteiger partial charge in [-0.3, -0.25) is 0 Å². The van der Waals surface area contributed by atoms with Gasteiger partial charge in [-0.05, 0) is 17.7 Å². The molecule has 9 heteroatoms. The number of hydrogen-bond donors (Lipinski definition) is 1. The molecule has 0 saturated carbocycles. The van der Waals surface area contributed by atoms with Crippen LogP contribution in [0.3, 0.4) is 0 Å². The summed E-state index contributed by atoms with van der Waals surface area (Å²) in [7, 11) is 0. The molecule has 128 valence electrons. The van der Waals surface area contributed by atoms with Crippen LogP contribution in [-0.2, 0) is 11.3 Å². The minimum absolute atomic E-state index is 0.203. The highest BCUT2D eigenvalue weighted by Crippen LogP contribution is 2.29. The quantitative estimate of drug-likeness (QED) is 0.897. The molecule has 0 bridgehead atoms. The number of rotatable bonds is 3. The van der Waals surface area contributed by atoms with Gasteiger partial charge in [0.25, 0.3) is 0 Å². The number of benzene rings is 1. The summed E-state index contributed by atoms with van der Waals surface area (Å²) in [6, 6.07) is 5.13. The highest BCUT2D eigenvalue weighted by Gasteiger charge is 2.26. The molecule has 1 saturated heterocycles. The van der Waals surface area contributed by atoms with E-state index in [1.807, 2.05) is 6.07 Å². The summed E-state index contributed by atoms with van der Waals surface area (Å²) in [4.78, 5) is 18.0. The third-order valence-corrected chi connectivity index (χ3v) is 4.38. The van der Waals surface area contributed by atoms with Crippen LogP contribution in [0.4, 0.5) is 4.79 Å². The topological polar surface area (TPSA) is 80.5 Å². The smallest absolute Gasteiger partial charge is 0.317 e. The molecular weight excluding hydrogens is 355 g/mol. The van der Waals surface area contributed by atoms with Crippen LogP contribution >= 0.6 is 23.2 Å². The van der Waals surface area contributed by atoms with Crippen LogP contribution in [0.5, 0.6) is 0 Å². The number of morpholine rings is 1. The largest absolute Gasteiger partial charge is 0.370 e. The molecule has 1 unspecified atom stereocenters. The maximum absolute atomic E-state index is 12.3. The molecule has 2 aromatic rings. The van der Waals surface area contributed by atoms with Gasteiger partial charge in [0.2, 0.25) is 5.89 Å². The van der Waals surface area contributed by atoms with E-state index in [1.165, 1.54) is 0 Å². The Morgan fingerprint density at radius 2 is 2.25 bits per heavy atom. The zero-order valence-corrected chi connectivity index (χ0v) is 14.5. The van der Waals surface area contributed by atoms with Gasteiger partial charge < -0.3 is 19.5 Å². The molecule has 24 heavy (non-hydrogen) atoms. The third kappa shape index (κ3) is 3.98. The lowest BCUT2D eigenvalue weighted by molar-refractivity contribution is -0.0155.